The molecule has 2 aliphatic heterocycles. The number of carbonyl (C=O) groups excluding carboxylic acids is 2. The second-order valence-corrected chi connectivity index (χ2v) is 11.3. The maximum Gasteiger partial charge on any atom is 0.330 e. The van der Waals surface area contributed by atoms with E-state index in [4.69, 9.17) is 9.47 Å². The molecule has 7 heteroatoms. The first-order valence-corrected chi connectivity index (χ1v) is 14.5. The number of hydrogen-bond donors (Lipinski definition) is 0. The second kappa shape index (κ2) is 11.7. The number of rotatable bonds is 7. The lowest BCUT2D eigenvalue weighted by Crippen LogP contribution is -2.41. The average molecular weight is 584 g/mol. The van der Waals surface area contributed by atoms with Gasteiger partial charge in [0, 0.05) is 31.9 Å². The fraction of sp³-hybridized carbons (Fsp3) is 0.216. The SMILES string of the molecule is COC(=O)[C@]1(C#N)C2c3ccccc3C=CN2[C@@H](C(=O)OC(c2ccccc2)c2ccccc2)[C@@H]1c1ccc(N(C)C)cc1. The monoisotopic (exact) mass is 583 g/mol. The van der Waals surface area contributed by atoms with Gasteiger partial charge >= 0.3 is 11.9 Å². The van der Waals surface area contributed by atoms with Crippen LogP contribution in [0.2, 0.25) is 0 Å². The number of ether oxygens (including phenoxy) is 2. The van der Waals surface area contributed by atoms with E-state index in [-0.39, 0.29) is 0 Å². The highest BCUT2D eigenvalue weighted by atomic mass is 16.5. The summed E-state index contributed by atoms with van der Waals surface area (Å²) in [5.74, 6) is -2.14. The maximum atomic E-state index is 14.7. The molecule has 4 aromatic rings. The summed E-state index contributed by atoms with van der Waals surface area (Å²) in [6.07, 6.45) is 3.02. The van der Waals surface area contributed by atoms with E-state index in [1.165, 1.54) is 7.11 Å². The zero-order chi connectivity index (χ0) is 30.8. The number of benzene rings is 4. The Labute approximate surface area is 257 Å². The fourth-order valence-corrected chi connectivity index (χ4v) is 6.69. The molecule has 2 aliphatic rings. The highest BCUT2D eigenvalue weighted by Crippen LogP contribution is 2.60. The lowest BCUT2D eigenvalue weighted by molar-refractivity contribution is -0.153. The van der Waals surface area contributed by atoms with Crippen LogP contribution in [0.15, 0.2) is 115 Å². The third-order valence-electron chi connectivity index (χ3n) is 8.73. The topological polar surface area (TPSA) is 82.9 Å². The van der Waals surface area contributed by atoms with E-state index in [1.807, 2.05) is 145 Å². The van der Waals surface area contributed by atoms with Gasteiger partial charge in [-0.3, -0.25) is 4.79 Å². The van der Waals surface area contributed by atoms with E-state index >= 15 is 0 Å². The third kappa shape index (κ3) is 4.69. The minimum Gasteiger partial charge on any atom is -0.468 e. The molecule has 1 saturated heterocycles. The molecular weight excluding hydrogens is 550 g/mol. The van der Waals surface area contributed by atoms with Crippen molar-refractivity contribution in [2.75, 3.05) is 26.1 Å². The van der Waals surface area contributed by atoms with Crippen molar-refractivity contribution in [1.82, 2.24) is 4.90 Å². The molecule has 2 heterocycles. The molecule has 0 aliphatic carbocycles. The largest absolute Gasteiger partial charge is 0.468 e. The number of esters is 2. The van der Waals surface area contributed by atoms with Gasteiger partial charge in [-0.05, 0) is 46.0 Å². The van der Waals surface area contributed by atoms with Crippen molar-refractivity contribution in [3.8, 4) is 6.07 Å². The Kier molecular flexibility index (Phi) is 7.67. The molecule has 6 rings (SSSR count). The van der Waals surface area contributed by atoms with Crippen LogP contribution in [0, 0.1) is 16.7 Å². The summed E-state index contributed by atoms with van der Waals surface area (Å²) < 4.78 is 11.8. The first-order chi connectivity index (χ1) is 21.4. The van der Waals surface area contributed by atoms with Gasteiger partial charge in [0.2, 0.25) is 0 Å². The average Bonchev–Trinajstić information content (AvgIpc) is 3.39. The third-order valence-corrected chi connectivity index (χ3v) is 8.73. The fourth-order valence-electron chi connectivity index (χ4n) is 6.69. The smallest absolute Gasteiger partial charge is 0.330 e. The molecule has 0 bridgehead atoms. The highest BCUT2D eigenvalue weighted by molar-refractivity contribution is 5.90. The van der Waals surface area contributed by atoms with E-state index in [9.17, 15) is 14.9 Å². The van der Waals surface area contributed by atoms with Gasteiger partial charge in [-0.15, -0.1) is 0 Å². The van der Waals surface area contributed by atoms with Crippen molar-refractivity contribution in [3.63, 3.8) is 0 Å². The second-order valence-electron chi connectivity index (χ2n) is 11.3. The molecule has 0 amide bonds. The predicted octanol–water partition coefficient (Wildman–Crippen LogP) is 6.26. The zero-order valence-electron chi connectivity index (χ0n) is 24.8. The van der Waals surface area contributed by atoms with Crippen LogP contribution in [0.5, 0.6) is 0 Å². The molecule has 0 saturated carbocycles. The highest BCUT2D eigenvalue weighted by Gasteiger charge is 2.68. The van der Waals surface area contributed by atoms with Crippen LogP contribution in [-0.4, -0.2) is 44.1 Å². The summed E-state index contributed by atoms with van der Waals surface area (Å²) >= 11 is 0. The molecule has 1 unspecified atom stereocenters. The Balaban J connectivity index is 1.54. The summed E-state index contributed by atoms with van der Waals surface area (Å²) in [7, 11) is 5.16. The first-order valence-electron chi connectivity index (χ1n) is 14.5. The molecule has 1 fully saturated rings. The molecular formula is C37H33N3O4. The van der Waals surface area contributed by atoms with Gasteiger partial charge < -0.3 is 19.3 Å². The van der Waals surface area contributed by atoms with Gasteiger partial charge in [0.25, 0.3) is 0 Å². The van der Waals surface area contributed by atoms with Crippen molar-refractivity contribution >= 4 is 23.7 Å². The Morgan fingerprint density at radius 1 is 0.864 bits per heavy atom. The molecule has 4 aromatic carbocycles. The summed E-state index contributed by atoms with van der Waals surface area (Å²) in [6.45, 7) is 0. The summed E-state index contributed by atoms with van der Waals surface area (Å²) in [5.41, 5.74) is 3.13. The lowest BCUT2D eigenvalue weighted by Gasteiger charge is -2.36. The van der Waals surface area contributed by atoms with Crippen LogP contribution in [0.1, 0.15) is 45.9 Å². The number of hydrogen-bond acceptors (Lipinski definition) is 7. The van der Waals surface area contributed by atoms with Gasteiger partial charge in [0.05, 0.1) is 19.2 Å². The van der Waals surface area contributed by atoms with E-state index < -0.39 is 41.5 Å². The van der Waals surface area contributed by atoms with Gasteiger partial charge in [0.1, 0.15) is 6.04 Å². The van der Waals surface area contributed by atoms with Crippen molar-refractivity contribution in [2.45, 2.75) is 24.1 Å². The zero-order valence-corrected chi connectivity index (χ0v) is 24.8. The van der Waals surface area contributed by atoms with E-state index in [0.717, 1.165) is 27.9 Å². The maximum absolute atomic E-state index is 14.7. The van der Waals surface area contributed by atoms with Crippen LogP contribution in [0.3, 0.4) is 0 Å². The van der Waals surface area contributed by atoms with Crippen LogP contribution in [0.25, 0.3) is 6.08 Å². The predicted molar refractivity (Wildman–Crippen MR) is 168 cm³/mol. The first kappa shape index (κ1) is 28.8. The molecule has 0 radical (unpaired) electrons. The minimum atomic E-state index is -1.76. The van der Waals surface area contributed by atoms with Crippen LogP contribution >= 0.6 is 0 Å². The Bertz CT molecular complexity index is 1690. The molecule has 0 spiro atoms. The normalized spacial score (nSPS) is 21.6. The van der Waals surface area contributed by atoms with Crippen molar-refractivity contribution in [1.29, 1.82) is 5.26 Å². The number of fused-ring (bicyclic) bond motifs is 3. The number of methoxy groups -OCH3 is 1. The number of carbonyl (C=O) groups is 2. The van der Waals surface area contributed by atoms with Crippen LogP contribution in [0.4, 0.5) is 5.69 Å². The quantitative estimate of drug-likeness (QED) is 0.238. The number of nitriles is 1. The van der Waals surface area contributed by atoms with E-state index in [1.54, 1.807) is 0 Å². The number of nitrogens with zero attached hydrogens (tertiary/aromatic N) is 3. The molecule has 7 nitrogen and oxygen atoms in total. The van der Waals surface area contributed by atoms with Crippen LogP contribution in [-0.2, 0) is 19.1 Å². The van der Waals surface area contributed by atoms with E-state index in [0.29, 0.717) is 5.56 Å². The summed E-state index contributed by atoms with van der Waals surface area (Å²) in [6, 6.07) is 35.0. The standard InChI is InChI=1S/C37H33N3O4/c1-39(2)29-20-18-26(19-21-29)31-32(35(41)44-33(27-13-6-4-7-14-27)28-15-8-5-9-16-28)40-23-22-25-12-10-11-17-30(25)34(40)37(31,24-38)36(42)43-3/h4-23,31-34H,1-3H3/t31-,32+,34?,37-/m0/s1. The summed E-state index contributed by atoms with van der Waals surface area (Å²) in [4.78, 5) is 32.4. The molecule has 44 heavy (non-hydrogen) atoms. The Morgan fingerprint density at radius 2 is 1.45 bits per heavy atom. The van der Waals surface area contributed by atoms with Gasteiger partial charge in [-0.1, -0.05) is 97.1 Å². The van der Waals surface area contributed by atoms with Gasteiger partial charge in [-0.2, -0.15) is 5.26 Å². The van der Waals surface area contributed by atoms with Crippen LogP contribution < -0.4 is 4.90 Å². The molecule has 0 aromatic heterocycles. The summed E-state index contributed by atoms with van der Waals surface area (Å²) in [5, 5.41) is 11.0. The molecule has 0 N–H and O–H groups in total. The Morgan fingerprint density at radius 3 is 2.02 bits per heavy atom. The molecule has 220 valence electrons. The molecule has 4 atom stereocenters. The Hall–Kier alpha value is -5.35. The van der Waals surface area contributed by atoms with Crippen molar-refractivity contribution < 1.29 is 19.1 Å². The van der Waals surface area contributed by atoms with Gasteiger partial charge in [-0.25, -0.2) is 4.79 Å². The lowest BCUT2D eigenvalue weighted by atomic mass is 9.67. The minimum absolute atomic E-state index is 0.542. The van der Waals surface area contributed by atoms with Crippen molar-refractivity contribution in [2.24, 2.45) is 5.41 Å². The van der Waals surface area contributed by atoms with Gasteiger partial charge in [0.15, 0.2) is 11.5 Å². The van der Waals surface area contributed by atoms with Crippen molar-refractivity contribution in [3.05, 3.63) is 143 Å². The van der Waals surface area contributed by atoms with E-state index in [2.05, 4.69) is 6.07 Å². The number of anilines is 1.